The molecule has 1 aliphatic rings. The first-order valence-electron chi connectivity index (χ1n) is 6.89. The summed E-state index contributed by atoms with van der Waals surface area (Å²) in [5.74, 6) is -1.68. The summed E-state index contributed by atoms with van der Waals surface area (Å²) in [6, 6.07) is -1.09. The summed E-state index contributed by atoms with van der Waals surface area (Å²) in [7, 11) is 0. The summed E-state index contributed by atoms with van der Waals surface area (Å²) in [6.07, 6.45) is 1.38. The quantitative estimate of drug-likeness (QED) is 0.694. The molecule has 0 aliphatic carbocycles. The zero-order valence-corrected chi connectivity index (χ0v) is 12.2. The maximum atomic E-state index is 11.9. The third-order valence-corrected chi connectivity index (χ3v) is 3.39. The van der Waals surface area contributed by atoms with Crippen molar-refractivity contribution in [2.24, 2.45) is 5.92 Å². The van der Waals surface area contributed by atoms with Crippen LogP contribution in [-0.4, -0.2) is 53.1 Å². The number of carbonyl (C=O) groups is 3. The molecule has 0 aromatic rings. The fourth-order valence-electron chi connectivity index (χ4n) is 2.24. The number of carboxylic acid groups (broad SMARTS) is 1. The second kappa shape index (κ2) is 7.23. The van der Waals surface area contributed by atoms with Crippen molar-refractivity contribution in [3.8, 4) is 0 Å². The Balaban J connectivity index is 2.51. The summed E-state index contributed by atoms with van der Waals surface area (Å²) in [5, 5.41) is 13.9. The van der Waals surface area contributed by atoms with Crippen LogP contribution >= 0.6 is 0 Å². The summed E-state index contributed by atoms with van der Waals surface area (Å²) < 4.78 is 0. The molecule has 114 valence electrons. The van der Waals surface area contributed by atoms with Crippen LogP contribution in [0.15, 0.2) is 0 Å². The van der Waals surface area contributed by atoms with Gasteiger partial charge in [-0.1, -0.05) is 0 Å². The maximum Gasteiger partial charge on any atom is 0.321 e. The number of carbonyl (C=O) groups excluding carboxylic acids is 2. The van der Waals surface area contributed by atoms with E-state index in [0.717, 1.165) is 6.42 Å². The van der Waals surface area contributed by atoms with E-state index in [1.54, 1.807) is 25.7 Å². The standard InChI is InChI=1S/C13H23N3O4/c1-8(2)14-13(20)15-11(17)9(3)16-6-4-5-10(7-16)12(18)19/h8-10H,4-7H2,1-3H3,(H,18,19)(H2,14,15,17,20). The number of imide groups is 1. The zero-order chi connectivity index (χ0) is 15.3. The average Bonchev–Trinajstić information content (AvgIpc) is 2.36. The van der Waals surface area contributed by atoms with E-state index in [-0.39, 0.29) is 6.04 Å². The van der Waals surface area contributed by atoms with E-state index in [1.165, 1.54) is 0 Å². The lowest BCUT2D eigenvalue weighted by Crippen LogP contribution is -2.53. The van der Waals surface area contributed by atoms with Gasteiger partial charge in [0.15, 0.2) is 0 Å². The molecule has 1 heterocycles. The molecule has 2 atom stereocenters. The van der Waals surface area contributed by atoms with Gasteiger partial charge in [0, 0.05) is 12.6 Å². The first-order valence-corrected chi connectivity index (χ1v) is 6.89. The predicted molar refractivity (Wildman–Crippen MR) is 73.2 cm³/mol. The number of urea groups is 1. The van der Waals surface area contributed by atoms with Crippen molar-refractivity contribution in [1.82, 2.24) is 15.5 Å². The summed E-state index contributed by atoms with van der Waals surface area (Å²) in [6.45, 7) is 6.30. The van der Waals surface area contributed by atoms with Gasteiger partial charge in [-0.15, -0.1) is 0 Å². The highest BCUT2D eigenvalue weighted by molar-refractivity contribution is 5.96. The van der Waals surface area contributed by atoms with Gasteiger partial charge in [-0.2, -0.15) is 0 Å². The van der Waals surface area contributed by atoms with Crippen LogP contribution in [0.2, 0.25) is 0 Å². The lowest BCUT2D eigenvalue weighted by molar-refractivity contribution is -0.144. The molecule has 1 rings (SSSR count). The molecule has 0 bridgehead atoms. The van der Waals surface area contributed by atoms with Crippen LogP contribution < -0.4 is 10.6 Å². The van der Waals surface area contributed by atoms with E-state index in [2.05, 4.69) is 10.6 Å². The summed E-state index contributed by atoms with van der Waals surface area (Å²) in [5.41, 5.74) is 0. The topological polar surface area (TPSA) is 98.7 Å². The number of amides is 3. The van der Waals surface area contributed by atoms with E-state index in [9.17, 15) is 14.4 Å². The van der Waals surface area contributed by atoms with Crippen molar-refractivity contribution in [1.29, 1.82) is 0 Å². The molecule has 1 saturated heterocycles. The molecule has 20 heavy (non-hydrogen) atoms. The second-order valence-corrected chi connectivity index (χ2v) is 5.47. The molecule has 1 aliphatic heterocycles. The SMILES string of the molecule is CC(C)NC(=O)NC(=O)C(C)N1CCCC(C(=O)O)C1. The van der Waals surface area contributed by atoms with E-state index in [1.807, 2.05) is 0 Å². The fourth-order valence-corrected chi connectivity index (χ4v) is 2.24. The predicted octanol–water partition coefficient (Wildman–Crippen LogP) is 0.406. The number of aliphatic carboxylic acids is 1. The number of piperidine rings is 1. The van der Waals surface area contributed by atoms with E-state index in [4.69, 9.17) is 5.11 Å². The molecule has 7 heteroatoms. The van der Waals surface area contributed by atoms with Crippen LogP contribution in [0.5, 0.6) is 0 Å². The first kappa shape index (κ1) is 16.4. The van der Waals surface area contributed by atoms with Crippen molar-refractivity contribution in [2.45, 2.75) is 45.7 Å². The Labute approximate surface area is 118 Å². The number of carboxylic acids is 1. The Morgan fingerprint density at radius 3 is 2.45 bits per heavy atom. The lowest BCUT2D eigenvalue weighted by atomic mass is 9.97. The van der Waals surface area contributed by atoms with Crippen molar-refractivity contribution in [3.05, 3.63) is 0 Å². The molecule has 3 N–H and O–H groups in total. The number of hydrogen-bond acceptors (Lipinski definition) is 4. The zero-order valence-electron chi connectivity index (χ0n) is 12.2. The molecule has 0 spiro atoms. The molecule has 3 amide bonds. The van der Waals surface area contributed by atoms with Crippen molar-refractivity contribution >= 4 is 17.9 Å². The fraction of sp³-hybridized carbons (Fsp3) is 0.769. The van der Waals surface area contributed by atoms with Gasteiger partial charge in [-0.3, -0.25) is 19.8 Å². The van der Waals surface area contributed by atoms with Crippen molar-refractivity contribution in [3.63, 3.8) is 0 Å². The largest absolute Gasteiger partial charge is 0.481 e. The molecule has 1 fully saturated rings. The van der Waals surface area contributed by atoms with Crippen LogP contribution in [0.4, 0.5) is 4.79 Å². The third kappa shape index (κ3) is 4.80. The number of nitrogens with one attached hydrogen (secondary N) is 2. The van der Waals surface area contributed by atoms with Crippen LogP contribution in [-0.2, 0) is 9.59 Å². The normalized spacial score (nSPS) is 21.3. The Hall–Kier alpha value is -1.63. The number of hydrogen-bond donors (Lipinski definition) is 3. The maximum absolute atomic E-state index is 11.9. The number of nitrogens with zero attached hydrogens (tertiary/aromatic N) is 1. The smallest absolute Gasteiger partial charge is 0.321 e. The molecule has 2 unspecified atom stereocenters. The highest BCUT2D eigenvalue weighted by Crippen LogP contribution is 2.18. The van der Waals surface area contributed by atoms with Gasteiger partial charge in [0.25, 0.3) is 0 Å². The molecule has 7 nitrogen and oxygen atoms in total. The van der Waals surface area contributed by atoms with E-state index >= 15 is 0 Å². The van der Waals surface area contributed by atoms with Crippen LogP contribution in [0.3, 0.4) is 0 Å². The van der Waals surface area contributed by atoms with Crippen LogP contribution in [0.25, 0.3) is 0 Å². The van der Waals surface area contributed by atoms with Gasteiger partial charge in [0.2, 0.25) is 5.91 Å². The highest BCUT2D eigenvalue weighted by atomic mass is 16.4. The van der Waals surface area contributed by atoms with E-state index < -0.39 is 29.9 Å². The second-order valence-electron chi connectivity index (χ2n) is 5.47. The third-order valence-electron chi connectivity index (χ3n) is 3.39. The minimum absolute atomic E-state index is 0.0514. The average molecular weight is 285 g/mol. The Morgan fingerprint density at radius 2 is 1.90 bits per heavy atom. The molecular formula is C13H23N3O4. The summed E-state index contributed by atoms with van der Waals surface area (Å²) >= 11 is 0. The van der Waals surface area contributed by atoms with Crippen LogP contribution in [0, 0.1) is 5.92 Å². The lowest BCUT2D eigenvalue weighted by Gasteiger charge is -2.34. The monoisotopic (exact) mass is 285 g/mol. The van der Waals surface area contributed by atoms with E-state index in [0.29, 0.717) is 19.5 Å². The van der Waals surface area contributed by atoms with Gasteiger partial charge >= 0.3 is 12.0 Å². The first-order chi connectivity index (χ1) is 9.31. The summed E-state index contributed by atoms with van der Waals surface area (Å²) in [4.78, 5) is 36.2. The molecule has 0 saturated carbocycles. The number of likely N-dealkylation sites (tertiary alicyclic amines) is 1. The Bertz CT molecular complexity index is 384. The minimum atomic E-state index is -0.833. The van der Waals surface area contributed by atoms with Crippen molar-refractivity contribution in [2.75, 3.05) is 13.1 Å². The van der Waals surface area contributed by atoms with Crippen molar-refractivity contribution < 1.29 is 19.5 Å². The number of rotatable bonds is 4. The highest BCUT2D eigenvalue weighted by Gasteiger charge is 2.31. The molecule has 0 aromatic carbocycles. The molecule has 0 aromatic heterocycles. The van der Waals surface area contributed by atoms with Crippen LogP contribution in [0.1, 0.15) is 33.6 Å². The van der Waals surface area contributed by atoms with Gasteiger partial charge in [-0.05, 0) is 40.2 Å². The van der Waals surface area contributed by atoms with Gasteiger partial charge in [0.05, 0.1) is 12.0 Å². The molecular weight excluding hydrogens is 262 g/mol. The van der Waals surface area contributed by atoms with Gasteiger partial charge in [-0.25, -0.2) is 4.79 Å². The Kier molecular flexibility index (Phi) is 5.94. The molecule has 0 radical (unpaired) electrons. The van der Waals surface area contributed by atoms with Gasteiger partial charge < -0.3 is 10.4 Å². The van der Waals surface area contributed by atoms with Gasteiger partial charge in [0.1, 0.15) is 0 Å². The minimum Gasteiger partial charge on any atom is -0.481 e. The Morgan fingerprint density at radius 1 is 1.25 bits per heavy atom.